The highest BCUT2D eigenvalue weighted by atomic mass is 28.3. The molecule has 0 amide bonds. The van der Waals surface area contributed by atoms with Crippen LogP contribution in [0.25, 0.3) is 0 Å². The Hall–Kier alpha value is -0.356. The van der Waals surface area contributed by atoms with Crippen LogP contribution in [0, 0.1) is 5.92 Å². The lowest BCUT2D eigenvalue weighted by Gasteiger charge is -2.33. The van der Waals surface area contributed by atoms with Crippen LogP contribution in [0.1, 0.15) is 110 Å². The first-order valence-corrected chi connectivity index (χ1v) is 21.4. The Morgan fingerprint density at radius 2 is 1.12 bits per heavy atom. The number of rotatable bonds is 20. The molecular weight excluding hydrogens is 436 g/mol. The minimum Gasteiger partial charge on any atom is -0.469 e. The zero-order valence-electron chi connectivity index (χ0n) is 24.2. The zero-order valence-corrected chi connectivity index (χ0v) is 26.2. The third kappa shape index (κ3) is 15.3. The van der Waals surface area contributed by atoms with Crippen LogP contribution in [0.5, 0.6) is 0 Å². The molecule has 0 aliphatic heterocycles. The largest absolute Gasteiger partial charge is 0.469 e. The summed E-state index contributed by atoms with van der Waals surface area (Å²) >= 11 is 0. The van der Waals surface area contributed by atoms with Gasteiger partial charge in [0.1, 0.15) is 0 Å². The Morgan fingerprint density at radius 3 is 1.55 bits per heavy atom. The van der Waals surface area contributed by atoms with E-state index in [1.165, 1.54) is 88.7 Å². The van der Waals surface area contributed by atoms with Gasteiger partial charge in [-0.1, -0.05) is 148 Å². The molecule has 0 heterocycles. The highest BCUT2D eigenvalue weighted by Gasteiger charge is 2.35. The van der Waals surface area contributed by atoms with Gasteiger partial charge in [0, 0.05) is 0 Å². The molecule has 0 aromatic carbocycles. The predicted molar refractivity (Wildman–Crippen MR) is 155 cm³/mol. The lowest BCUT2D eigenvalue weighted by Crippen LogP contribution is -2.36. The van der Waals surface area contributed by atoms with Crippen molar-refractivity contribution >= 4 is 22.1 Å². The first kappa shape index (κ1) is 32.6. The molecule has 2 atom stereocenters. The van der Waals surface area contributed by atoms with Crippen LogP contribution in [0.3, 0.4) is 0 Å². The fourth-order valence-corrected chi connectivity index (χ4v) is 8.79. The van der Waals surface area contributed by atoms with Gasteiger partial charge in [-0.15, -0.1) is 0 Å². The van der Waals surface area contributed by atoms with Crippen LogP contribution in [0.4, 0.5) is 0 Å². The Kier molecular flexibility index (Phi) is 17.8. The number of allylic oxidation sites excluding steroid dienone is 1. The summed E-state index contributed by atoms with van der Waals surface area (Å²) in [5, 5.41) is 1.47. The number of hydrogen-bond donors (Lipinski definition) is 0. The van der Waals surface area contributed by atoms with E-state index in [0.717, 1.165) is 12.8 Å². The summed E-state index contributed by atoms with van der Waals surface area (Å²) < 4.78 is 5.33. The summed E-state index contributed by atoms with van der Waals surface area (Å²) in [6.07, 6.45) is 22.2. The highest BCUT2D eigenvalue weighted by molar-refractivity contribution is 6.84. The fraction of sp³-hybridized carbons (Fsp3) is 0.897. The molecule has 0 saturated carbocycles. The average Bonchev–Trinajstić information content (AvgIpc) is 2.73. The molecule has 0 aromatic rings. The minimum atomic E-state index is -1.63. The number of unbranched alkanes of at least 4 members (excludes halogenated alkanes) is 11. The van der Waals surface area contributed by atoms with Crippen LogP contribution >= 0.6 is 0 Å². The lowest BCUT2D eigenvalue weighted by molar-refractivity contribution is -0.144. The Balaban J connectivity index is 5.25. The maximum atomic E-state index is 12.9. The smallest absolute Gasteiger partial charge is 0.312 e. The maximum Gasteiger partial charge on any atom is 0.312 e. The van der Waals surface area contributed by atoms with Gasteiger partial charge >= 0.3 is 5.97 Å². The topological polar surface area (TPSA) is 26.3 Å². The van der Waals surface area contributed by atoms with Crippen molar-refractivity contribution in [1.29, 1.82) is 0 Å². The minimum absolute atomic E-state index is 0.00225. The average molecular weight is 497 g/mol. The van der Waals surface area contributed by atoms with Crippen LogP contribution in [-0.4, -0.2) is 29.2 Å². The summed E-state index contributed by atoms with van der Waals surface area (Å²) in [5.41, 5.74) is 0.659. The van der Waals surface area contributed by atoms with Crippen molar-refractivity contribution < 1.29 is 9.53 Å². The quantitative estimate of drug-likeness (QED) is 0.0951. The first-order chi connectivity index (χ1) is 15.5. The van der Waals surface area contributed by atoms with E-state index >= 15 is 0 Å². The van der Waals surface area contributed by atoms with E-state index in [1.807, 2.05) is 0 Å². The Morgan fingerprint density at radius 1 is 0.697 bits per heavy atom. The van der Waals surface area contributed by atoms with Gasteiger partial charge in [0.15, 0.2) is 0 Å². The second-order valence-electron chi connectivity index (χ2n) is 12.4. The van der Waals surface area contributed by atoms with E-state index < -0.39 is 16.1 Å². The van der Waals surface area contributed by atoms with Crippen molar-refractivity contribution in [3.05, 3.63) is 11.3 Å². The van der Waals surface area contributed by atoms with E-state index in [2.05, 4.69) is 59.2 Å². The molecule has 4 heteroatoms. The number of hydrogen-bond acceptors (Lipinski definition) is 2. The van der Waals surface area contributed by atoms with Crippen molar-refractivity contribution in [2.45, 2.75) is 155 Å². The van der Waals surface area contributed by atoms with E-state index in [-0.39, 0.29) is 11.9 Å². The van der Waals surface area contributed by atoms with E-state index in [4.69, 9.17) is 4.74 Å². The predicted octanol–water partition coefficient (Wildman–Crippen LogP) is 10.2. The Bertz CT molecular complexity index is 529. The van der Waals surface area contributed by atoms with Crippen LogP contribution in [0.15, 0.2) is 11.3 Å². The summed E-state index contributed by atoms with van der Waals surface area (Å²) in [7, 11) is -1.42. The molecule has 2 unspecified atom stereocenters. The number of esters is 1. The van der Waals surface area contributed by atoms with Gasteiger partial charge in [-0.3, -0.25) is 4.79 Å². The summed E-state index contributed by atoms with van der Waals surface area (Å²) in [5.74, 6) is -0.0296. The molecule has 0 aliphatic carbocycles. The van der Waals surface area contributed by atoms with E-state index in [1.54, 1.807) is 7.11 Å². The first-order valence-electron chi connectivity index (χ1n) is 14.3. The van der Waals surface area contributed by atoms with Crippen molar-refractivity contribution in [2.75, 3.05) is 7.11 Å². The standard InChI is InChI=1S/C29H60O2Si2/c1-10-12-14-16-17-18-19-20-21-23-26(32(4,5)6)25-28(33(7,8)9)27(29(30)31-3)24-22-15-13-11-2/h25-27H,10-24H2,1-9H3. The molecule has 0 rings (SSSR count). The third-order valence-corrected chi connectivity index (χ3v) is 12.1. The molecule has 0 bridgehead atoms. The molecule has 33 heavy (non-hydrogen) atoms. The summed E-state index contributed by atoms with van der Waals surface area (Å²) in [6.45, 7) is 19.3. The van der Waals surface area contributed by atoms with Gasteiger partial charge in [-0.05, 0) is 18.4 Å². The molecule has 0 aliphatic rings. The van der Waals surface area contributed by atoms with Gasteiger partial charge in [-0.2, -0.15) is 0 Å². The Labute approximate surface area is 210 Å². The second kappa shape index (κ2) is 18.0. The molecular formula is C29H60O2Si2. The van der Waals surface area contributed by atoms with E-state index in [0.29, 0.717) is 5.54 Å². The number of carbonyl (C=O) groups is 1. The molecule has 0 N–H and O–H groups in total. The fourth-order valence-electron chi connectivity index (χ4n) is 4.86. The normalized spacial score (nSPS) is 14.9. The van der Waals surface area contributed by atoms with Crippen molar-refractivity contribution in [3.63, 3.8) is 0 Å². The van der Waals surface area contributed by atoms with E-state index in [9.17, 15) is 4.79 Å². The zero-order chi connectivity index (χ0) is 25.3. The van der Waals surface area contributed by atoms with Gasteiger partial charge < -0.3 is 4.74 Å². The monoisotopic (exact) mass is 496 g/mol. The molecule has 2 nitrogen and oxygen atoms in total. The molecule has 0 radical (unpaired) electrons. The van der Waals surface area contributed by atoms with Crippen LogP contribution in [0.2, 0.25) is 44.8 Å². The van der Waals surface area contributed by atoms with Gasteiger partial charge in [0.25, 0.3) is 0 Å². The second-order valence-corrected chi connectivity index (χ2v) is 22.9. The summed E-state index contributed by atoms with van der Waals surface area (Å²) in [6, 6.07) is 0. The SMILES string of the molecule is CCCCCCCCCCCC(C=C(C(CCCCCC)C(=O)OC)[Si](C)(C)C)[Si](C)(C)C. The van der Waals surface area contributed by atoms with Crippen molar-refractivity contribution in [1.82, 2.24) is 0 Å². The van der Waals surface area contributed by atoms with Crippen LogP contribution in [-0.2, 0) is 9.53 Å². The summed E-state index contributed by atoms with van der Waals surface area (Å²) in [4.78, 5) is 12.9. The molecule has 0 spiro atoms. The van der Waals surface area contributed by atoms with Gasteiger partial charge in [0.05, 0.1) is 29.2 Å². The van der Waals surface area contributed by atoms with Crippen molar-refractivity contribution in [3.8, 4) is 0 Å². The highest BCUT2D eigenvalue weighted by Crippen LogP contribution is 2.36. The number of carbonyl (C=O) groups excluding carboxylic acids is 1. The maximum absolute atomic E-state index is 12.9. The van der Waals surface area contributed by atoms with Gasteiger partial charge in [-0.25, -0.2) is 0 Å². The van der Waals surface area contributed by atoms with Crippen molar-refractivity contribution in [2.24, 2.45) is 5.92 Å². The molecule has 0 aromatic heterocycles. The third-order valence-electron chi connectivity index (χ3n) is 7.19. The lowest BCUT2D eigenvalue weighted by atomic mass is 9.98. The van der Waals surface area contributed by atoms with Crippen LogP contribution < -0.4 is 0 Å². The molecule has 0 fully saturated rings. The number of ether oxygens (including phenoxy) is 1. The molecule has 196 valence electrons. The molecule has 0 saturated heterocycles. The van der Waals surface area contributed by atoms with Gasteiger partial charge in [0.2, 0.25) is 0 Å². The number of methoxy groups -OCH3 is 1.